The average molecular weight is 317 g/mol. The monoisotopic (exact) mass is 317 g/mol. The number of hydrogen-bond acceptors (Lipinski definition) is 6. The van der Waals surface area contributed by atoms with Crippen LogP contribution in [0, 0.1) is 0 Å². The van der Waals surface area contributed by atoms with E-state index in [-0.39, 0.29) is 31.6 Å². The standard InChI is InChI=1S/C15H27NO6/c1-14(2,3)22-13(18)16-11(10-21-15(16,4)5)9-20-8-7-12(17)19-6/h11H,7-10H2,1-6H3/t11-/m1/s1. The van der Waals surface area contributed by atoms with Crippen molar-refractivity contribution in [1.29, 1.82) is 0 Å². The third kappa shape index (κ3) is 5.46. The minimum atomic E-state index is -0.751. The van der Waals surface area contributed by atoms with E-state index < -0.39 is 17.4 Å². The van der Waals surface area contributed by atoms with Crippen molar-refractivity contribution < 1.29 is 28.5 Å². The number of amides is 1. The molecule has 128 valence electrons. The largest absolute Gasteiger partial charge is 0.469 e. The molecule has 0 aromatic heterocycles. The summed E-state index contributed by atoms with van der Waals surface area (Å²) in [5.41, 5.74) is -1.33. The Balaban J connectivity index is 2.58. The van der Waals surface area contributed by atoms with E-state index in [1.165, 1.54) is 7.11 Å². The van der Waals surface area contributed by atoms with Gasteiger partial charge in [0, 0.05) is 0 Å². The zero-order valence-electron chi connectivity index (χ0n) is 14.3. The first kappa shape index (κ1) is 18.7. The quantitative estimate of drug-likeness (QED) is 0.570. The first-order valence-electron chi connectivity index (χ1n) is 7.37. The number of methoxy groups -OCH3 is 1. The molecule has 1 amide bonds. The van der Waals surface area contributed by atoms with E-state index in [0.29, 0.717) is 6.61 Å². The van der Waals surface area contributed by atoms with Crippen molar-refractivity contribution >= 4 is 12.1 Å². The molecule has 0 radical (unpaired) electrons. The fourth-order valence-electron chi connectivity index (χ4n) is 2.16. The van der Waals surface area contributed by atoms with E-state index in [2.05, 4.69) is 4.74 Å². The van der Waals surface area contributed by atoms with Crippen LogP contribution >= 0.6 is 0 Å². The van der Waals surface area contributed by atoms with Crippen LogP contribution in [0.5, 0.6) is 0 Å². The molecule has 7 heteroatoms. The molecule has 7 nitrogen and oxygen atoms in total. The highest BCUT2D eigenvalue weighted by Gasteiger charge is 2.45. The molecule has 1 rings (SSSR count). The van der Waals surface area contributed by atoms with Crippen LogP contribution in [0.15, 0.2) is 0 Å². The van der Waals surface area contributed by atoms with Gasteiger partial charge in [0.15, 0.2) is 0 Å². The minimum Gasteiger partial charge on any atom is -0.469 e. The maximum Gasteiger partial charge on any atom is 0.412 e. The highest BCUT2D eigenvalue weighted by atomic mass is 16.6. The molecule has 0 unspecified atom stereocenters. The number of hydrogen-bond donors (Lipinski definition) is 0. The minimum absolute atomic E-state index is 0.180. The molecule has 1 aliphatic heterocycles. The van der Waals surface area contributed by atoms with Gasteiger partial charge in [0.1, 0.15) is 11.3 Å². The molecular weight excluding hydrogens is 290 g/mol. The van der Waals surface area contributed by atoms with E-state index >= 15 is 0 Å². The zero-order valence-corrected chi connectivity index (χ0v) is 14.3. The molecule has 1 heterocycles. The predicted molar refractivity (Wildman–Crippen MR) is 79.3 cm³/mol. The van der Waals surface area contributed by atoms with E-state index in [9.17, 15) is 9.59 Å². The van der Waals surface area contributed by atoms with Gasteiger partial charge in [-0.05, 0) is 34.6 Å². The summed E-state index contributed by atoms with van der Waals surface area (Å²) in [6, 6.07) is -0.248. The van der Waals surface area contributed by atoms with Crippen LogP contribution in [-0.4, -0.2) is 61.3 Å². The van der Waals surface area contributed by atoms with E-state index in [4.69, 9.17) is 14.2 Å². The maximum absolute atomic E-state index is 12.4. The van der Waals surface area contributed by atoms with Gasteiger partial charge in [-0.15, -0.1) is 0 Å². The van der Waals surface area contributed by atoms with E-state index in [1.54, 1.807) is 4.90 Å². The zero-order chi connectivity index (χ0) is 17.0. The van der Waals surface area contributed by atoms with Crippen molar-refractivity contribution in [2.45, 2.75) is 58.4 Å². The van der Waals surface area contributed by atoms with Gasteiger partial charge in [-0.1, -0.05) is 0 Å². The second kappa shape index (κ2) is 7.28. The summed E-state index contributed by atoms with van der Waals surface area (Å²) < 4.78 is 21.1. The van der Waals surface area contributed by atoms with Crippen molar-refractivity contribution in [3.63, 3.8) is 0 Å². The third-order valence-electron chi connectivity index (χ3n) is 3.15. The molecule has 1 atom stereocenters. The van der Waals surface area contributed by atoms with Crippen LogP contribution in [0.25, 0.3) is 0 Å². The van der Waals surface area contributed by atoms with Gasteiger partial charge in [0.25, 0.3) is 0 Å². The van der Waals surface area contributed by atoms with Gasteiger partial charge in [-0.25, -0.2) is 4.79 Å². The Morgan fingerprint density at radius 1 is 1.32 bits per heavy atom. The normalized spacial score (nSPS) is 20.8. The SMILES string of the molecule is COC(=O)CCOC[C@@H]1COC(C)(C)N1C(=O)OC(C)(C)C. The lowest BCUT2D eigenvalue weighted by molar-refractivity contribution is -0.142. The van der Waals surface area contributed by atoms with Gasteiger partial charge in [0.2, 0.25) is 0 Å². The Morgan fingerprint density at radius 2 is 1.95 bits per heavy atom. The molecule has 0 bridgehead atoms. The first-order valence-corrected chi connectivity index (χ1v) is 7.37. The molecule has 0 saturated carbocycles. The number of carbonyl (C=O) groups is 2. The number of nitrogens with zero attached hydrogens (tertiary/aromatic N) is 1. The van der Waals surface area contributed by atoms with Gasteiger partial charge >= 0.3 is 12.1 Å². The molecule has 1 aliphatic rings. The lowest BCUT2D eigenvalue weighted by Gasteiger charge is -2.35. The highest BCUT2D eigenvalue weighted by molar-refractivity contribution is 5.70. The van der Waals surface area contributed by atoms with Crippen LogP contribution in [0.1, 0.15) is 41.0 Å². The molecular formula is C15H27NO6. The molecule has 0 spiro atoms. The van der Waals surface area contributed by atoms with Gasteiger partial charge in [-0.2, -0.15) is 0 Å². The van der Waals surface area contributed by atoms with Crippen LogP contribution in [0.3, 0.4) is 0 Å². The van der Waals surface area contributed by atoms with Crippen LogP contribution in [0.2, 0.25) is 0 Å². The first-order chi connectivity index (χ1) is 10.1. The number of rotatable bonds is 5. The predicted octanol–water partition coefficient (Wildman–Crippen LogP) is 1.94. The summed E-state index contributed by atoms with van der Waals surface area (Å²) in [4.78, 5) is 24.9. The molecule has 22 heavy (non-hydrogen) atoms. The van der Waals surface area contributed by atoms with Crippen LogP contribution in [-0.2, 0) is 23.7 Å². The Bertz CT molecular complexity index is 401. The van der Waals surface area contributed by atoms with Crippen LogP contribution in [0.4, 0.5) is 4.79 Å². The molecule has 0 N–H and O–H groups in total. The molecule has 0 aromatic carbocycles. The average Bonchev–Trinajstić information content (AvgIpc) is 2.67. The van der Waals surface area contributed by atoms with Crippen LogP contribution < -0.4 is 0 Å². The summed E-state index contributed by atoms with van der Waals surface area (Å²) >= 11 is 0. The Kier molecular flexibility index (Phi) is 6.19. The molecule has 1 saturated heterocycles. The molecule has 0 aromatic rings. The molecule has 0 aliphatic carbocycles. The Morgan fingerprint density at radius 3 is 2.50 bits per heavy atom. The summed E-state index contributed by atoms with van der Waals surface area (Å²) in [7, 11) is 1.33. The number of carbonyl (C=O) groups excluding carboxylic acids is 2. The van der Waals surface area contributed by atoms with Crippen molar-refractivity contribution in [1.82, 2.24) is 4.90 Å². The second-order valence-electron chi connectivity index (χ2n) is 6.66. The lowest BCUT2D eigenvalue weighted by Crippen LogP contribution is -2.51. The topological polar surface area (TPSA) is 74.3 Å². The fraction of sp³-hybridized carbons (Fsp3) is 0.867. The lowest BCUT2D eigenvalue weighted by atomic mass is 10.2. The summed E-state index contributed by atoms with van der Waals surface area (Å²) in [6.45, 7) is 9.96. The number of ether oxygens (including phenoxy) is 4. The summed E-state index contributed by atoms with van der Waals surface area (Å²) in [5, 5.41) is 0. The smallest absolute Gasteiger partial charge is 0.412 e. The van der Waals surface area contributed by atoms with Crippen molar-refractivity contribution in [2.75, 3.05) is 26.9 Å². The van der Waals surface area contributed by atoms with Crippen molar-refractivity contribution in [2.24, 2.45) is 0 Å². The fourth-order valence-corrected chi connectivity index (χ4v) is 2.16. The molecule has 1 fully saturated rings. The van der Waals surface area contributed by atoms with Gasteiger partial charge < -0.3 is 18.9 Å². The van der Waals surface area contributed by atoms with Gasteiger partial charge in [0.05, 0.1) is 39.4 Å². The Labute approximate surface area is 131 Å². The highest BCUT2D eigenvalue weighted by Crippen LogP contribution is 2.29. The number of esters is 1. The van der Waals surface area contributed by atoms with E-state index in [0.717, 1.165) is 0 Å². The van der Waals surface area contributed by atoms with Crippen molar-refractivity contribution in [3.05, 3.63) is 0 Å². The summed E-state index contributed by atoms with van der Waals surface area (Å²) in [6.07, 6.45) is -0.253. The van der Waals surface area contributed by atoms with Gasteiger partial charge in [-0.3, -0.25) is 9.69 Å². The Hall–Kier alpha value is -1.34. The maximum atomic E-state index is 12.4. The summed E-state index contributed by atoms with van der Waals surface area (Å²) in [5.74, 6) is -0.327. The van der Waals surface area contributed by atoms with E-state index in [1.807, 2.05) is 34.6 Å². The van der Waals surface area contributed by atoms with Crippen molar-refractivity contribution in [3.8, 4) is 0 Å². The second-order valence-corrected chi connectivity index (χ2v) is 6.66. The third-order valence-corrected chi connectivity index (χ3v) is 3.15.